The summed E-state index contributed by atoms with van der Waals surface area (Å²) in [7, 11) is 2.24. The minimum Gasteiger partial charge on any atom is -0.359 e. The highest BCUT2D eigenvalue weighted by Crippen LogP contribution is 2.56. The van der Waals surface area contributed by atoms with Gasteiger partial charge in [-0.05, 0) is 74.6 Å². The minimum atomic E-state index is -0.0875. The van der Waals surface area contributed by atoms with E-state index in [9.17, 15) is 0 Å². The summed E-state index contributed by atoms with van der Waals surface area (Å²) in [6.07, 6.45) is 15.2. The first-order valence-corrected chi connectivity index (χ1v) is 16.2. The van der Waals surface area contributed by atoms with Crippen LogP contribution < -0.4 is 20.0 Å². The first kappa shape index (κ1) is 29.4. The van der Waals surface area contributed by atoms with Gasteiger partial charge in [-0.3, -0.25) is 0 Å². The third-order valence-electron chi connectivity index (χ3n) is 11.3. The van der Waals surface area contributed by atoms with Crippen molar-refractivity contribution in [3.8, 4) is 0 Å². The van der Waals surface area contributed by atoms with Gasteiger partial charge in [0, 0.05) is 50.7 Å². The molecule has 4 atom stereocenters. The molecule has 4 heterocycles. The van der Waals surface area contributed by atoms with Gasteiger partial charge in [0.1, 0.15) is 11.8 Å². The minimum absolute atomic E-state index is 0.0636. The van der Waals surface area contributed by atoms with Crippen LogP contribution in [0.25, 0.3) is 0 Å². The first-order chi connectivity index (χ1) is 20.7. The third-order valence-corrected chi connectivity index (χ3v) is 11.3. The molecule has 0 fully saturated rings. The van der Waals surface area contributed by atoms with Gasteiger partial charge in [0.2, 0.25) is 0 Å². The summed E-state index contributed by atoms with van der Waals surface area (Å²) >= 11 is 0. The maximum absolute atomic E-state index is 2.64. The summed E-state index contributed by atoms with van der Waals surface area (Å²) in [5.74, 6) is 2.87. The van der Waals surface area contributed by atoms with Crippen molar-refractivity contribution in [3.05, 3.63) is 120 Å². The number of hydrogen-bond donors (Lipinski definition) is 0. The zero-order chi connectivity index (χ0) is 30.5. The Hall–Kier alpha value is -3.73. The van der Waals surface area contributed by atoms with Gasteiger partial charge in [0.25, 0.3) is 0 Å². The van der Waals surface area contributed by atoms with Crippen molar-refractivity contribution in [3.63, 3.8) is 0 Å². The van der Waals surface area contributed by atoms with E-state index in [1.165, 1.54) is 33.7 Å². The first-order valence-electron chi connectivity index (χ1n) is 16.2. The molecule has 3 aromatic rings. The van der Waals surface area contributed by atoms with Gasteiger partial charge in [-0.2, -0.15) is 0 Å². The van der Waals surface area contributed by atoms with E-state index < -0.39 is 0 Å². The molecular weight excluding hydrogens is 523 g/mol. The SMILES string of the molecule is CCC1(C(C)CC2N(C)C=CN2c2ccccc2C)C2=CN(c3c(C)cccc3C)C=CB2c2cccc[n+]2C1(C)CC. The second-order valence-electron chi connectivity index (χ2n) is 13.3. The summed E-state index contributed by atoms with van der Waals surface area (Å²) in [4.78, 5) is 7.33. The fourth-order valence-electron chi connectivity index (χ4n) is 8.94. The summed E-state index contributed by atoms with van der Waals surface area (Å²) in [5.41, 5.74) is 9.34. The molecule has 0 spiro atoms. The van der Waals surface area contributed by atoms with Crippen LogP contribution in [0.2, 0.25) is 0 Å². The number of benzene rings is 2. The lowest BCUT2D eigenvalue weighted by molar-refractivity contribution is -0.765. The molecule has 222 valence electrons. The molecule has 0 saturated carbocycles. The standard InChI is InChI=1S/C38H48BN4/c1-9-37(7)38(10-2,31(6)26-35-40(8)24-25-42(35)32-19-12-11-16-28(32)3)33-27-41(36-29(4)17-15-18-30(36)5)23-21-39(33)34-20-13-14-22-43(34)37/h11-25,27,31,35H,9-10,26H2,1-8H3/q+1. The number of anilines is 2. The van der Waals surface area contributed by atoms with Crippen molar-refractivity contribution < 1.29 is 4.57 Å². The quantitative estimate of drug-likeness (QED) is 0.217. The van der Waals surface area contributed by atoms with E-state index in [2.05, 4.69) is 172 Å². The van der Waals surface area contributed by atoms with E-state index in [-0.39, 0.29) is 23.8 Å². The molecule has 6 rings (SSSR count). The topological polar surface area (TPSA) is 13.6 Å². The van der Waals surface area contributed by atoms with Crippen molar-refractivity contribution in [2.45, 2.75) is 79.4 Å². The van der Waals surface area contributed by atoms with Gasteiger partial charge in [-0.1, -0.05) is 74.7 Å². The number of allylic oxidation sites excluding steroid dienone is 1. The van der Waals surface area contributed by atoms with Crippen LogP contribution in [0.3, 0.4) is 0 Å². The van der Waals surface area contributed by atoms with E-state index in [1.807, 2.05) is 0 Å². The Bertz CT molecular complexity index is 1590. The number of aromatic nitrogens is 1. The zero-order valence-electron chi connectivity index (χ0n) is 27.4. The predicted octanol–water partition coefficient (Wildman–Crippen LogP) is 7.41. The second kappa shape index (κ2) is 11.1. The fraction of sp³-hybridized carbons (Fsp3) is 0.395. The fourth-order valence-corrected chi connectivity index (χ4v) is 8.94. The van der Waals surface area contributed by atoms with E-state index in [4.69, 9.17) is 0 Å². The van der Waals surface area contributed by atoms with Gasteiger partial charge >= 0.3 is 6.71 Å². The van der Waals surface area contributed by atoms with Crippen molar-refractivity contribution in [1.82, 2.24) is 4.90 Å². The van der Waals surface area contributed by atoms with Gasteiger partial charge < -0.3 is 14.7 Å². The molecule has 0 N–H and O–H groups in total. The Morgan fingerprint density at radius 2 is 1.56 bits per heavy atom. The summed E-state index contributed by atoms with van der Waals surface area (Å²) in [5, 5.41) is 0. The molecule has 0 saturated heterocycles. The Morgan fingerprint density at radius 1 is 0.860 bits per heavy atom. The third kappa shape index (κ3) is 4.38. The predicted molar refractivity (Wildman–Crippen MR) is 182 cm³/mol. The van der Waals surface area contributed by atoms with Gasteiger partial charge in [0.05, 0.1) is 11.1 Å². The molecular formula is C38H48BN4+. The van der Waals surface area contributed by atoms with Crippen LogP contribution in [-0.2, 0) is 5.54 Å². The molecule has 0 amide bonds. The Kier molecular flexibility index (Phi) is 7.56. The lowest BCUT2D eigenvalue weighted by atomic mass is 9.30. The lowest BCUT2D eigenvalue weighted by Crippen LogP contribution is -2.79. The van der Waals surface area contributed by atoms with Gasteiger partial charge in [-0.15, -0.1) is 0 Å². The molecule has 3 aliphatic rings. The van der Waals surface area contributed by atoms with E-state index in [1.54, 1.807) is 5.47 Å². The largest absolute Gasteiger partial charge is 0.359 e. The van der Waals surface area contributed by atoms with Crippen molar-refractivity contribution >= 4 is 23.7 Å². The second-order valence-corrected chi connectivity index (χ2v) is 13.3. The van der Waals surface area contributed by atoms with Crippen molar-refractivity contribution in [2.24, 2.45) is 11.3 Å². The van der Waals surface area contributed by atoms with Crippen LogP contribution in [0, 0.1) is 32.1 Å². The maximum Gasteiger partial charge on any atom is 0.318 e. The number of aryl methyl sites for hydroxylation is 3. The number of para-hydroxylation sites is 2. The molecule has 4 unspecified atom stereocenters. The van der Waals surface area contributed by atoms with E-state index in [0.717, 1.165) is 19.3 Å². The Labute approximate surface area is 260 Å². The smallest absolute Gasteiger partial charge is 0.318 e. The van der Waals surface area contributed by atoms with E-state index >= 15 is 0 Å². The van der Waals surface area contributed by atoms with Gasteiger partial charge in [-0.25, -0.2) is 4.57 Å². The number of fused-ring (bicyclic) bond motifs is 3. The lowest BCUT2D eigenvalue weighted by Gasteiger charge is -2.55. The number of rotatable bonds is 7. The molecule has 1 aromatic heterocycles. The Balaban J connectivity index is 1.51. The average Bonchev–Trinajstić information content (AvgIpc) is 3.37. The summed E-state index contributed by atoms with van der Waals surface area (Å²) in [6, 6.07) is 22.2. The highest BCUT2D eigenvalue weighted by atomic mass is 15.4. The van der Waals surface area contributed by atoms with Crippen molar-refractivity contribution in [2.75, 3.05) is 16.8 Å². The average molecular weight is 572 g/mol. The van der Waals surface area contributed by atoms with E-state index in [0.29, 0.717) is 5.92 Å². The molecule has 0 radical (unpaired) electrons. The number of hydrogen-bond acceptors (Lipinski definition) is 3. The van der Waals surface area contributed by atoms with Crippen LogP contribution in [0.1, 0.15) is 63.6 Å². The molecule has 0 aliphatic carbocycles. The molecule has 0 bridgehead atoms. The van der Waals surface area contributed by atoms with Crippen LogP contribution in [-0.4, -0.2) is 24.8 Å². The van der Waals surface area contributed by atoms with Crippen molar-refractivity contribution in [1.29, 1.82) is 0 Å². The summed E-state index contributed by atoms with van der Waals surface area (Å²) < 4.78 is 2.64. The highest BCUT2D eigenvalue weighted by molar-refractivity contribution is 6.83. The van der Waals surface area contributed by atoms with Crippen LogP contribution in [0.15, 0.2) is 103 Å². The summed E-state index contributed by atoms with van der Waals surface area (Å²) in [6.45, 7) is 16.9. The molecule has 4 nitrogen and oxygen atoms in total. The molecule has 5 heteroatoms. The number of pyridine rings is 1. The Morgan fingerprint density at radius 3 is 2.26 bits per heavy atom. The molecule has 3 aliphatic heterocycles. The normalized spacial score (nSPS) is 25.1. The van der Waals surface area contributed by atoms with Crippen LogP contribution >= 0.6 is 0 Å². The molecule has 2 aromatic carbocycles. The van der Waals surface area contributed by atoms with Crippen LogP contribution in [0.5, 0.6) is 0 Å². The van der Waals surface area contributed by atoms with Crippen LogP contribution in [0.4, 0.5) is 11.4 Å². The molecule has 43 heavy (non-hydrogen) atoms. The number of nitrogens with zero attached hydrogens (tertiary/aromatic N) is 4. The zero-order valence-corrected chi connectivity index (χ0v) is 27.4. The monoisotopic (exact) mass is 571 g/mol. The highest BCUT2D eigenvalue weighted by Gasteiger charge is 2.65. The maximum atomic E-state index is 2.64. The van der Waals surface area contributed by atoms with Gasteiger partial charge in [0.15, 0.2) is 11.7 Å².